The number of hydrogen-bond acceptors (Lipinski definition) is 4. The van der Waals surface area contributed by atoms with Gasteiger partial charge in [0.1, 0.15) is 11.2 Å². The van der Waals surface area contributed by atoms with Crippen LogP contribution in [0.1, 0.15) is 29.6 Å². The zero-order chi connectivity index (χ0) is 17.7. The Morgan fingerprint density at radius 2 is 2.04 bits per heavy atom. The third-order valence-corrected chi connectivity index (χ3v) is 5.73. The Morgan fingerprint density at radius 1 is 1.15 bits per heavy atom. The van der Waals surface area contributed by atoms with Gasteiger partial charge in [-0.05, 0) is 31.5 Å². The second-order valence-corrected chi connectivity index (χ2v) is 7.23. The van der Waals surface area contributed by atoms with Crippen molar-refractivity contribution < 1.29 is 4.79 Å². The molecule has 26 heavy (non-hydrogen) atoms. The summed E-state index contributed by atoms with van der Waals surface area (Å²) in [5.41, 5.74) is 1.46. The molecular formula is C19H21N5O2. The number of piperazine rings is 1. The summed E-state index contributed by atoms with van der Waals surface area (Å²) in [6.07, 6.45) is 5.22. The summed E-state index contributed by atoms with van der Waals surface area (Å²) in [6, 6.07) is 7.76. The number of benzene rings is 1. The fourth-order valence-corrected chi connectivity index (χ4v) is 4.34. The molecule has 5 rings (SSSR count). The second kappa shape index (κ2) is 5.95. The SMILES string of the molecule is O=C(c1cnn2c1[nH]c(=O)c1ccccc12)N1CCN2CCCCC2C1. The number of carbonyl (C=O) groups is 1. The van der Waals surface area contributed by atoms with Gasteiger partial charge in [0.05, 0.1) is 17.1 Å². The Hall–Kier alpha value is -2.67. The van der Waals surface area contributed by atoms with Gasteiger partial charge in [0, 0.05) is 25.7 Å². The molecule has 1 N–H and O–H groups in total. The number of nitrogens with one attached hydrogen (secondary N) is 1. The van der Waals surface area contributed by atoms with Crippen LogP contribution in [0.3, 0.4) is 0 Å². The summed E-state index contributed by atoms with van der Waals surface area (Å²) in [5, 5.41) is 4.94. The molecule has 7 heteroatoms. The van der Waals surface area contributed by atoms with E-state index in [2.05, 4.69) is 15.0 Å². The molecule has 7 nitrogen and oxygen atoms in total. The van der Waals surface area contributed by atoms with Crippen molar-refractivity contribution in [3.63, 3.8) is 0 Å². The van der Waals surface area contributed by atoms with Crippen LogP contribution in [0, 0.1) is 0 Å². The van der Waals surface area contributed by atoms with Gasteiger partial charge in [-0.25, -0.2) is 4.52 Å². The first-order valence-electron chi connectivity index (χ1n) is 9.24. The van der Waals surface area contributed by atoms with Crippen molar-refractivity contribution >= 4 is 22.5 Å². The van der Waals surface area contributed by atoms with E-state index >= 15 is 0 Å². The molecule has 1 amide bonds. The van der Waals surface area contributed by atoms with Crippen LogP contribution in [-0.2, 0) is 0 Å². The minimum absolute atomic E-state index is 0.0452. The highest BCUT2D eigenvalue weighted by atomic mass is 16.2. The average Bonchev–Trinajstić information content (AvgIpc) is 3.11. The van der Waals surface area contributed by atoms with Crippen LogP contribution in [0.5, 0.6) is 0 Å². The monoisotopic (exact) mass is 351 g/mol. The van der Waals surface area contributed by atoms with E-state index in [9.17, 15) is 9.59 Å². The molecule has 0 radical (unpaired) electrons. The van der Waals surface area contributed by atoms with E-state index in [-0.39, 0.29) is 11.5 Å². The number of amides is 1. The fraction of sp³-hybridized carbons (Fsp3) is 0.421. The maximum absolute atomic E-state index is 13.1. The predicted molar refractivity (Wildman–Crippen MR) is 98.4 cm³/mol. The first-order chi connectivity index (χ1) is 12.7. The number of hydrogen-bond donors (Lipinski definition) is 1. The number of nitrogens with zero attached hydrogens (tertiary/aromatic N) is 4. The molecule has 1 aromatic carbocycles. The van der Waals surface area contributed by atoms with E-state index in [1.807, 2.05) is 23.1 Å². The molecule has 2 aromatic heterocycles. The van der Waals surface area contributed by atoms with Crippen LogP contribution in [-0.4, -0.2) is 62.5 Å². The molecule has 2 aliphatic rings. The Morgan fingerprint density at radius 3 is 2.96 bits per heavy atom. The van der Waals surface area contributed by atoms with Gasteiger partial charge in [-0.2, -0.15) is 5.10 Å². The molecule has 3 aromatic rings. The lowest BCUT2D eigenvalue weighted by molar-refractivity contribution is 0.0374. The van der Waals surface area contributed by atoms with Crippen LogP contribution in [0.25, 0.3) is 16.6 Å². The Kier molecular flexibility index (Phi) is 3.56. The van der Waals surface area contributed by atoms with Crippen molar-refractivity contribution in [3.8, 4) is 0 Å². The van der Waals surface area contributed by atoms with Crippen LogP contribution in [0.2, 0.25) is 0 Å². The summed E-state index contributed by atoms with van der Waals surface area (Å²) in [6.45, 7) is 3.55. The van der Waals surface area contributed by atoms with E-state index in [0.717, 1.165) is 32.6 Å². The smallest absolute Gasteiger partial charge is 0.259 e. The number of aromatic amines is 1. The van der Waals surface area contributed by atoms with E-state index in [1.54, 1.807) is 16.8 Å². The summed E-state index contributed by atoms with van der Waals surface area (Å²) in [5.74, 6) is -0.0452. The minimum atomic E-state index is -0.195. The van der Waals surface area contributed by atoms with Gasteiger partial charge in [0.15, 0.2) is 0 Å². The van der Waals surface area contributed by atoms with Gasteiger partial charge >= 0.3 is 0 Å². The van der Waals surface area contributed by atoms with Gasteiger partial charge in [-0.3, -0.25) is 14.5 Å². The van der Waals surface area contributed by atoms with Crippen molar-refractivity contribution in [1.29, 1.82) is 0 Å². The normalized spacial score (nSPS) is 21.2. The van der Waals surface area contributed by atoms with Crippen LogP contribution in [0.15, 0.2) is 35.3 Å². The molecule has 0 saturated carbocycles. The minimum Gasteiger partial charge on any atom is -0.336 e. The van der Waals surface area contributed by atoms with Crippen molar-refractivity contribution in [1.82, 2.24) is 24.4 Å². The summed E-state index contributed by atoms with van der Waals surface area (Å²) >= 11 is 0. The molecule has 2 fully saturated rings. The lowest BCUT2D eigenvalue weighted by atomic mass is 9.99. The molecule has 0 aliphatic carbocycles. The zero-order valence-corrected chi connectivity index (χ0v) is 14.5. The van der Waals surface area contributed by atoms with Gasteiger partial charge in [-0.1, -0.05) is 18.6 Å². The largest absolute Gasteiger partial charge is 0.336 e. The predicted octanol–water partition coefficient (Wildman–Crippen LogP) is 1.49. The molecule has 0 spiro atoms. The molecular weight excluding hydrogens is 330 g/mol. The summed E-state index contributed by atoms with van der Waals surface area (Å²) < 4.78 is 1.65. The third kappa shape index (κ3) is 2.34. The van der Waals surface area contributed by atoms with Gasteiger partial charge in [0.2, 0.25) is 0 Å². The molecule has 1 unspecified atom stereocenters. The number of fused-ring (bicyclic) bond motifs is 4. The number of rotatable bonds is 1. The quantitative estimate of drug-likeness (QED) is 0.721. The topological polar surface area (TPSA) is 73.7 Å². The number of piperidine rings is 1. The van der Waals surface area contributed by atoms with Crippen molar-refractivity contribution in [2.24, 2.45) is 0 Å². The Labute approximate surface area is 150 Å². The van der Waals surface area contributed by atoms with Crippen molar-refractivity contribution in [3.05, 3.63) is 46.4 Å². The highest BCUT2D eigenvalue weighted by molar-refractivity contribution is 6.00. The maximum atomic E-state index is 13.1. The lowest BCUT2D eigenvalue weighted by Gasteiger charge is -2.43. The molecule has 0 bridgehead atoms. The van der Waals surface area contributed by atoms with Crippen molar-refractivity contribution in [2.75, 3.05) is 26.2 Å². The number of H-pyrrole nitrogens is 1. The number of para-hydroxylation sites is 1. The van der Waals surface area contributed by atoms with E-state index in [1.165, 1.54) is 12.8 Å². The zero-order valence-electron chi connectivity index (χ0n) is 14.5. The maximum Gasteiger partial charge on any atom is 0.259 e. The van der Waals surface area contributed by atoms with E-state index in [4.69, 9.17) is 0 Å². The standard InChI is InChI=1S/C19H21N5O2/c25-18-14-6-1-2-7-16(14)24-17(21-18)15(11-20-24)19(26)23-10-9-22-8-4-3-5-13(22)12-23/h1-2,6-7,11,13H,3-5,8-10,12H2,(H,21,25). The highest BCUT2D eigenvalue weighted by Gasteiger charge is 2.32. The highest BCUT2D eigenvalue weighted by Crippen LogP contribution is 2.23. The average molecular weight is 351 g/mol. The molecule has 134 valence electrons. The van der Waals surface area contributed by atoms with Crippen LogP contribution in [0.4, 0.5) is 0 Å². The van der Waals surface area contributed by atoms with Gasteiger partial charge in [0.25, 0.3) is 11.5 Å². The molecule has 2 aliphatic heterocycles. The first-order valence-corrected chi connectivity index (χ1v) is 9.24. The van der Waals surface area contributed by atoms with Gasteiger partial charge < -0.3 is 9.88 Å². The first kappa shape index (κ1) is 15.6. The van der Waals surface area contributed by atoms with E-state index in [0.29, 0.717) is 28.2 Å². The van der Waals surface area contributed by atoms with E-state index < -0.39 is 0 Å². The Bertz CT molecular complexity index is 1050. The van der Waals surface area contributed by atoms with Crippen LogP contribution >= 0.6 is 0 Å². The van der Waals surface area contributed by atoms with Gasteiger partial charge in [-0.15, -0.1) is 0 Å². The second-order valence-electron chi connectivity index (χ2n) is 7.23. The molecule has 1 atom stereocenters. The lowest BCUT2D eigenvalue weighted by Crippen LogP contribution is -2.56. The molecule has 4 heterocycles. The van der Waals surface area contributed by atoms with Crippen LogP contribution < -0.4 is 5.56 Å². The number of carbonyl (C=O) groups excluding carboxylic acids is 1. The summed E-state index contributed by atoms with van der Waals surface area (Å²) in [7, 11) is 0. The Balaban J connectivity index is 1.53. The van der Waals surface area contributed by atoms with Crippen molar-refractivity contribution in [2.45, 2.75) is 25.3 Å². The molecule has 2 saturated heterocycles. The third-order valence-electron chi connectivity index (χ3n) is 5.73. The summed E-state index contributed by atoms with van der Waals surface area (Å²) in [4.78, 5) is 32.8. The fourth-order valence-electron chi connectivity index (χ4n) is 4.34. The number of aromatic nitrogens is 3.